The zero-order valence-corrected chi connectivity index (χ0v) is 20.7. The van der Waals surface area contributed by atoms with E-state index in [1.54, 1.807) is 18.8 Å². The largest absolute Gasteiger partial charge is 0.355 e. The number of anilines is 1. The van der Waals surface area contributed by atoms with Crippen molar-refractivity contribution in [2.45, 2.75) is 42.5 Å². The van der Waals surface area contributed by atoms with Crippen molar-refractivity contribution >= 4 is 35.0 Å². The lowest BCUT2D eigenvalue weighted by Crippen LogP contribution is -2.18. The molecule has 0 unspecified atom stereocenters. The molecule has 0 aliphatic carbocycles. The van der Waals surface area contributed by atoms with Gasteiger partial charge in [0.25, 0.3) is 5.91 Å². The Kier molecular flexibility index (Phi) is 8.02. The van der Waals surface area contributed by atoms with E-state index in [4.69, 9.17) is 0 Å². The maximum absolute atomic E-state index is 12.2. The predicted octanol–water partition coefficient (Wildman–Crippen LogP) is 5.68. The number of rotatable bonds is 7. The number of amides is 2. The van der Waals surface area contributed by atoms with Gasteiger partial charge in [0.05, 0.1) is 12.1 Å². The smallest absolute Gasteiger partial charge is 0.252 e. The molecule has 3 aromatic rings. The lowest BCUT2D eigenvalue weighted by Gasteiger charge is -2.09. The fourth-order valence-electron chi connectivity index (χ4n) is 3.69. The van der Waals surface area contributed by atoms with Gasteiger partial charge < -0.3 is 10.6 Å². The van der Waals surface area contributed by atoms with Crippen LogP contribution < -0.4 is 10.6 Å². The van der Waals surface area contributed by atoms with Gasteiger partial charge in [0.15, 0.2) is 0 Å². The van der Waals surface area contributed by atoms with Crippen LogP contribution in [0.25, 0.3) is 0 Å². The summed E-state index contributed by atoms with van der Waals surface area (Å²) in [6.45, 7) is 2.66. The van der Waals surface area contributed by atoms with Crippen molar-refractivity contribution < 1.29 is 9.59 Å². The van der Waals surface area contributed by atoms with E-state index in [0.717, 1.165) is 50.7 Å². The molecule has 5 nitrogen and oxygen atoms in total. The molecule has 0 fully saturated rings. The summed E-state index contributed by atoms with van der Waals surface area (Å²) < 4.78 is 0. The van der Waals surface area contributed by atoms with E-state index in [1.807, 2.05) is 54.6 Å². The molecule has 1 aliphatic heterocycles. The minimum Gasteiger partial charge on any atom is -0.355 e. The molecule has 0 bridgehead atoms. The van der Waals surface area contributed by atoms with Gasteiger partial charge in [-0.05, 0) is 66.4 Å². The van der Waals surface area contributed by atoms with Gasteiger partial charge in [0, 0.05) is 40.1 Å². The number of carbonyl (C=O) groups excluding carboxylic acids is 2. The third-order valence-corrected chi connectivity index (χ3v) is 6.64. The van der Waals surface area contributed by atoms with Crippen molar-refractivity contribution in [1.82, 2.24) is 5.32 Å². The summed E-state index contributed by atoms with van der Waals surface area (Å²) in [4.78, 5) is 30.6. The van der Waals surface area contributed by atoms with Crippen LogP contribution in [0, 0.1) is 11.8 Å². The maximum atomic E-state index is 12.2. The fourth-order valence-corrected chi connectivity index (χ4v) is 4.69. The molecule has 0 saturated heterocycles. The minimum absolute atomic E-state index is 0.0391. The van der Waals surface area contributed by atoms with Gasteiger partial charge in [0.1, 0.15) is 5.71 Å². The second kappa shape index (κ2) is 11.5. The predicted molar refractivity (Wildman–Crippen MR) is 142 cm³/mol. The Morgan fingerprint density at radius 1 is 1.03 bits per heavy atom. The molecule has 1 aliphatic rings. The van der Waals surface area contributed by atoms with E-state index in [2.05, 4.69) is 46.5 Å². The molecule has 3 aromatic carbocycles. The van der Waals surface area contributed by atoms with Gasteiger partial charge in [-0.15, -0.1) is 0 Å². The summed E-state index contributed by atoms with van der Waals surface area (Å²) in [5.74, 6) is 6.32. The Balaban J connectivity index is 1.43. The van der Waals surface area contributed by atoms with Gasteiger partial charge in [0.2, 0.25) is 5.91 Å². The number of fused-ring (bicyclic) bond motifs is 1. The highest BCUT2D eigenvalue weighted by molar-refractivity contribution is 7.99. The van der Waals surface area contributed by atoms with E-state index >= 15 is 0 Å². The number of carbonyl (C=O) groups is 2. The first-order valence-corrected chi connectivity index (χ1v) is 12.5. The third kappa shape index (κ3) is 6.20. The van der Waals surface area contributed by atoms with Crippen molar-refractivity contribution in [2.75, 3.05) is 12.4 Å². The van der Waals surface area contributed by atoms with Gasteiger partial charge in [-0.25, -0.2) is 0 Å². The van der Waals surface area contributed by atoms with Crippen LogP contribution in [0.4, 0.5) is 5.69 Å². The molecule has 0 atom stereocenters. The molecule has 35 heavy (non-hydrogen) atoms. The molecule has 0 spiro atoms. The summed E-state index contributed by atoms with van der Waals surface area (Å²) in [5, 5.41) is 5.61. The molecule has 1 heterocycles. The lowest BCUT2D eigenvalue weighted by molar-refractivity contribution is -0.116. The first-order chi connectivity index (χ1) is 17.1. The minimum atomic E-state index is -0.0953. The van der Waals surface area contributed by atoms with Crippen molar-refractivity contribution in [3.63, 3.8) is 0 Å². The summed E-state index contributed by atoms with van der Waals surface area (Å²) in [7, 11) is 1.64. The number of aliphatic imine (C=N–C) groups is 1. The van der Waals surface area contributed by atoms with Gasteiger partial charge in [-0.3, -0.25) is 14.6 Å². The zero-order valence-electron chi connectivity index (χ0n) is 19.9. The summed E-state index contributed by atoms with van der Waals surface area (Å²) in [5.41, 5.74) is 5.26. The molecule has 4 rings (SSSR count). The van der Waals surface area contributed by atoms with Crippen molar-refractivity contribution in [1.29, 1.82) is 0 Å². The topological polar surface area (TPSA) is 70.6 Å². The Labute approximate surface area is 210 Å². The molecule has 2 N–H and O–H groups in total. The van der Waals surface area contributed by atoms with Crippen LogP contribution in [0.3, 0.4) is 0 Å². The quantitative estimate of drug-likeness (QED) is 0.427. The van der Waals surface area contributed by atoms with Gasteiger partial charge in [-0.1, -0.05) is 49.2 Å². The first kappa shape index (κ1) is 24.3. The summed E-state index contributed by atoms with van der Waals surface area (Å²) in [6.07, 6.45) is 2.43. The molecule has 0 saturated carbocycles. The Morgan fingerprint density at radius 2 is 1.83 bits per heavy atom. The van der Waals surface area contributed by atoms with Crippen LogP contribution in [0.15, 0.2) is 81.5 Å². The monoisotopic (exact) mass is 481 g/mol. The SMILES string of the molecule is CCCCC(=O)Nc1ccc(C#CC2=NCc3cc(Sc4ccccc4C(=O)NC)ccc32)cc1. The van der Waals surface area contributed by atoms with Gasteiger partial charge >= 0.3 is 0 Å². The second-order valence-electron chi connectivity index (χ2n) is 8.14. The number of benzene rings is 3. The van der Waals surface area contributed by atoms with Crippen molar-refractivity contribution in [3.05, 3.63) is 89.0 Å². The Morgan fingerprint density at radius 3 is 2.60 bits per heavy atom. The standard InChI is InChI=1S/C29H27N3O2S/c1-3-4-9-28(33)32-22-13-10-20(11-14-22)12-17-26-24-16-15-23(18-21(24)19-31-26)35-27-8-6-5-7-25(27)29(34)30-2/h5-8,10-11,13-16,18H,3-4,9,19H2,1-2H3,(H,30,34)(H,32,33). The van der Waals surface area contributed by atoms with Crippen LogP contribution in [-0.2, 0) is 11.3 Å². The van der Waals surface area contributed by atoms with Gasteiger partial charge in [-0.2, -0.15) is 0 Å². The fraction of sp³-hybridized carbons (Fsp3) is 0.207. The average Bonchev–Trinajstić information content (AvgIpc) is 3.29. The first-order valence-electron chi connectivity index (χ1n) is 11.7. The van der Waals surface area contributed by atoms with E-state index in [0.29, 0.717) is 18.5 Å². The molecule has 6 heteroatoms. The molecule has 0 radical (unpaired) electrons. The molecule has 2 amide bonds. The highest BCUT2D eigenvalue weighted by Crippen LogP contribution is 2.33. The van der Waals surface area contributed by atoms with Crippen LogP contribution in [0.1, 0.15) is 53.2 Å². The summed E-state index contributed by atoms with van der Waals surface area (Å²) in [6, 6.07) is 21.4. The summed E-state index contributed by atoms with van der Waals surface area (Å²) >= 11 is 1.57. The van der Waals surface area contributed by atoms with E-state index in [-0.39, 0.29) is 11.8 Å². The zero-order chi connectivity index (χ0) is 24.6. The maximum Gasteiger partial charge on any atom is 0.252 e. The number of hydrogen-bond acceptors (Lipinski definition) is 4. The molecule has 176 valence electrons. The lowest BCUT2D eigenvalue weighted by atomic mass is 10.1. The Bertz CT molecular complexity index is 1330. The van der Waals surface area contributed by atoms with E-state index in [1.165, 1.54) is 0 Å². The number of hydrogen-bond donors (Lipinski definition) is 2. The Hall–Kier alpha value is -3.82. The van der Waals surface area contributed by atoms with Crippen molar-refractivity contribution in [3.8, 4) is 11.8 Å². The van der Waals surface area contributed by atoms with Crippen molar-refractivity contribution in [2.24, 2.45) is 4.99 Å². The second-order valence-corrected chi connectivity index (χ2v) is 9.26. The van der Waals surface area contributed by atoms with Crippen LogP contribution in [-0.4, -0.2) is 24.6 Å². The number of nitrogens with one attached hydrogen (secondary N) is 2. The van der Waals surface area contributed by atoms with Crippen LogP contribution in [0.2, 0.25) is 0 Å². The molecular weight excluding hydrogens is 454 g/mol. The molecular formula is C29H27N3O2S. The molecule has 0 aromatic heterocycles. The van der Waals surface area contributed by atoms with E-state index in [9.17, 15) is 9.59 Å². The highest BCUT2D eigenvalue weighted by Gasteiger charge is 2.16. The highest BCUT2D eigenvalue weighted by atomic mass is 32.2. The number of unbranched alkanes of at least 4 members (excludes halogenated alkanes) is 1. The third-order valence-electron chi connectivity index (χ3n) is 5.58. The van der Waals surface area contributed by atoms with E-state index < -0.39 is 0 Å². The number of nitrogens with zero attached hydrogens (tertiary/aromatic N) is 1. The normalized spacial score (nSPS) is 11.7. The van der Waals surface area contributed by atoms with Crippen LogP contribution >= 0.6 is 11.8 Å². The van der Waals surface area contributed by atoms with Crippen LogP contribution in [0.5, 0.6) is 0 Å². The average molecular weight is 482 g/mol.